The highest BCUT2D eigenvalue weighted by atomic mass is 16.5. The minimum Gasteiger partial charge on any atom is -0.456 e. The van der Waals surface area contributed by atoms with Crippen molar-refractivity contribution in [2.75, 3.05) is 6.61 Å². The van der Waals surface area contributed by atoms with Crippen LogP contribution in [0.1, 0.15) is 47.8 Å². The molecule has 3 aromatic rings. The molecule has 4 rings (SSSR count). The molecule has 3 aromatic carbocycles. The monoisotopic (exact) mass is 441 g/mol. The van der Waals surface area contributed by atoms with Gasteiger partial charge in [0.05, 0.1) is 11.1 Å². The largest absolute Gasteiger partial charge is 0.456 e. The maximum Gasteiger partial charge on any atom is 0.330 e. The first-order valence-corrected chi connectivity index (χ1v) is 10.6. The lowest BCUT2D eigenvalue weighted by atomic mass is 10.0. The molecule has 0 spiro atoms. The number of aryl methyl sites for hydroxylation is 2. The third kappa shape index (κ3) is 4.46. The summed E-state index contributed by atoms with van der Waals surface area (Å²) in [5.74, 6) is -2.24. The van der Waals surface area contributed by atoms with Crippen molar-refractivity contribution in [1.82, 2.24) is 4.90 Å². The first-order chi connectivity index (χ1) is 15.9. The second-order valence-electron chi connectivity index (χ2n) is 8.08. The fourth-order valence-electron chi connectivity index (χ4n) is 3.96. The number of benzene rings is 3. The smallest absolute Gasteiger partial charge is 0.330 e. The van der Waals surface area contributed by atoms with Gasteiger partial charge in [0.25, 0.3) is 11.8 Å². The molecule has 2 amide bonds. The van der Waals surface area contributed by atoms with E-state index < -0.39 is 30.4 Å². The molecule has 6 nitrogen and oxygen atoms in total. The molecule has 0 bridgehead atoms. The number of hydrogen-bond donors (Lipinski definition) is 0. The van der Waals surface area contributed by atoms with Crippen LogP contribution in [0, 0.1) is 13.8 Å². The molecule has 0 N–H and O–H groups in total. The number of fused-ring (bicyclic) bond motifs is 1. The van der Waals surface area contributed by atoms with Crippen molar-refractivity contribution < 1.29 is 23.9 Å². The van der Waals surface area contributed by atoms with Crippen molar-refractivity contribution in [3.05, 3.63) is 106 Å². The van der Waals surface area contributed by atoms with Gasteiger partial charge in [0.15, 0.2) is 6.61 Å². The molecule has 1 aliphatic heterocycles. The normalized spacial score (nSPS) is 13.6. The third-order valence-corrected chi connectivity index (χ3v) is 5.72. The molecular formula is C27H23NO5. The number of Topliss-reactive ketones (excluding diaryl/α,β-unsaturated/α-hetero) is 1. The van der Waals surface area contributed by atoms with Crippen molar-refractivity contribution >= 4 is 23.6 Å². The van der Waals surface area contributed by atoms with Crippen LogP contribution in [0.15, 0.2) is 72.8 Å². The first kappa shape index (κ1) is 22.1. The molecule has 0 saturated heterocycles. The Morgan fingerprint density at radius 1 is 0.848 bits per heavy atom. The van der Waals surface area contributed by atoms with E-state index in [4.69, 9.17) is 4.74 Å². The lowest BCUT2D eigenvalue weighted by Gasteiger charge is -2.24. The van der Waals surface area contributed by atoms with Gasteiger partial charge in [0.1, 0.15) is 6.04 Å². The summed E-state index contributed by atoms with van der Waals surface area (Å²) < 4.78 is 5.36. The van der Waals surface area contributed by atoms with Gasteiger partial charge in [-0.05, 0) is 43.2 Å². The van der Waals surface area contributed by atoms with Gasteiger partial charge in [-0.25, -0.2) is 4.79 Å². The molecule has 0 fully saturated rings. The van der Waals surface area contributed by atoms with Crippen LogP contribution in [0.5, 0.6) is 0 Å². The Balaban J connectivity index is 1.58. The van der Waals surface area contributed by atoms with E-state index in [0.29, 0.717) is 5.56 Å². The molecule has 6 heteroatoms. The van der Waals surface area contributed by atoms with E-state index >= 15 is 0 Å². The van der Waals surface area contributed by atoms with Gasteiger partial charge < -0.3 is 4.74 Å². The van der Waals surface area contributed by atoms with Crippen LogP contribution < -0.4 is 0 Å². The summed E-state index contributed by atoms with van der Waals surface area (Å²) in [5.41, 5.74) is 3.44. The zero-order chi connectivity index (χ0) is 23.5. The van der Waals surface area contributed by atoms with Gasteiger partial charge in [-0.1, -0.05) is 60.2 Å². The van der Waals surface area contributed by atoms with Crippen molar-refractivity contribution in [1.29, 1.82) is 0 Å². The van der Waals surface area contributed by atoms with Crippen LogP contribution in [0.4, 0.5) is 0 Å². The molecule has 1 heterocycles. The van der Waals surface area contributed by atoms with Crippen LogP contribution in [0.25, 0.3) is 0 Å². The minimum absolute atomic E-state index is 0.0861. The number of carbonyl (C=O) groups excluding carboxylic acids is 4. The summed E-state index contributed by atoms with van der Waals surface area (Å²) in [6.07, 6.45) is 0.0861. The van der Waals surface area contributed by atoms with Gasteiger partial charge in [0.2, 0.25) is 5.78 Å². The number of rotatable bonds is 7. The van der Waals surface area contributed by atoms with E-state index in [1.54, 1.807) is 42.5 Å². The van der Waals surface area contributed by atoms with Crippen molar-refractivity contribution in [3.8, 4) is 0 Å². The second-order valence-corrected chi connectivity index (χ2v) is 8.08. The van der Waals surface area contributed by atoms with Crippen LogP contribution in [0.2, 0.25) is 0 Å². The van der Waals surface area contributed by atoms with Crippen molar-refractivity contribution in [3.63, 3.8) is 0 Å². The Labute approximate surface area is 191 Å². The molecule has 0 saturated carbocycles. The van der Waals surface area contributed by atoms with E-state index in [0.717, 1.165) is 21.6 Å². The van der Waals surface area contributed by atoms with E-state index in [1.165, 1.54) is 0 Å². The van der Waals surface area contributed by atoms with Gasteiger partial charge in [-0.2, -0.15) is 0 Å². The molecule has 1 atom stereocenters. The van der Waals surface area contributed by atoms with E-state index in [9.17, 15) is 19.2 Å². The Bertz CT molecular complexity index is 1210. The Hall–Kier alpha value is -4.06. The molecular weight excluding hydrogens is 418 g/mol. The van der Waals surface area contributed by atoms with Gasteiger partial charge in [-0.15, -0.1) is 0 Å². The minimum atomic E-state index is -1.19. The third-order valence-electron chi connectivity index (χ3n) is 5.72. The number of nitrogens with zero attached hydrogens (tertiary/aromatic N) is 1. The van der Waals surface area contributed by atoms with Gasteiger partial charge >= 0.3 is 5.97 Å². The molecule has 0 aliphatic carbocycles. The number of ketones is 1. The second kappa shape index (κ2) is 9.20. The average Bonchev–Trinajstić information content (AvgIpc) is 3.08. The van der Waals surface area contributed by atoms with Crippen LogP contribution in [-0.4, -0.2) is 41.1 Å². The number of hydrogen-bond acceptors (Lipinski definition) is 5. The zero-order valence-electron chi connectivity index (χ0n) is 18.4. The fourth-order valence-corrected chi connectivity index (χ4v) is 3.96. The highest BCUT2D eigenvalue weighted by molar-refractivity contribution is 6.22. The predicted molar refractivity (Wildman–Crippen MR) is 122 cm³/mol. The standard InChI is InChI=1S/C27H23NO5/c1-17-12-13-18(2)22(14-17)24(29)16-33-27(32)23(15-19-8-4-3-5-9-19)28-25(30)20-10-6-7-11-21(20)26(28)31/h3-14,23H,15-16H2,1-2H3. The molecule has 0 aromatic heterocycles. The molecule has 33 heavy (non-hydrogen) atoms. The number of ether oxygens (including phenoxy) is 1. The van der Waals surface area contributed by atoms with Gasteiger partial charge in [0, 0.05) is 12.0 Å². The molecule has 0 radical (unpaired) electrons. The summed E-state index contributed by atoms with van der Waals surface area (Å²) in [6.45, 7) is 3.21. The summed E-state index contributed by atoms with van der Waals surface area (Å²) >= 11 is 0. The molecule has 1 aliphatic rings. The Morgan fingerprint density at radius 2 is 1.45 bits per heavy atom. The molecule has 1 unspecified atom stereocenters. The number of imide groups is 1. The SMILES string of the molecule is Cc1ccc(C)c(C(=O)COC(=O)C(Cc2ccccc2)N2C(=O)c3ccccc3C2=O)c1. The number of amides is 2. The maximum absolute atomic E-state index is 13.1. The van der Waals surface area contributed by atoms with E-state index in [1.807, 2.05) is 44.2 Å². The Kier molecular flexibility index (Phi) is 6.18. The average molecular weight is 441 g/mol. The van der Waals surface area contributed by atoms with Gasteiger partial charge in [-0.3, -0.25) is 19.3 Å². The van der Waals surface area contributed by atoms with Crippen LogP contribution in [-0.2, 0) is 16.0 Å². The Morgan fingerprint density at radius 3 is 2.09 bits per heavy atom. The summed E-state index contributed by atoms with van der Waals surface area (Å²) in [4.78, 5) is 52.8. The quantitative estimate of drug-likeness (QED) is 0.315. The van der Waals surface area contributed by atoms with Crippen molar-refractivity contribution in [2.24, 2.45) is 0 Å². The number of esters is 1. The molecule has 166 valence electrons. The fraction of sp³-hybridized carbons (Fsp3) is 0.185. The lowest BCUT2D eigenvalue weighted by molar-refractivity contribution is -0.147. The van der Waals surface area contributed by atoms with Crippen LogP contribution in [0.3, 0.4) is 0 Å². The highest BCUT2D eigenvalue weighted by Gasteiger charge is 2.43. The predicted octanol–water partition coefficient (Wildman–Crippen LogP) is 3.94. The van der Waals surface area contributed by atoms with Crippen molar-refractivity contribution in [2.45, 2.75) is 26.3 Å². The van der Waals surface area contributed by atoms with E-state index in [2.05, 4.69) is 0 Å². The summed E-state index contributed by atoms with van der Waals surface area (Å²) in [7, 11) is 0. The summed E-state index contributed by atoms with van der Waals surface area (Å²) in [6, 6.07) is 19.8. The first-order valence-electron chi connectivity index (χ1n) is 10.6. The zero-order valence-corrected chi connectivity index (χ0v) is 18.4. The van der Waals surface area contributed by atoms with E-state index in [-0.39, 0.29) is 23.3 Å². The number of carbonyl (C=O) groups is 4. The maximum atomic E-state index is 13.1. The summed E-state index contributed by atoms with van der Waals surface area (Å²) in [5, 5.41) is 0. The lowest BCUT2D eigenvalue weighted by Crippen LogP contribution is -2.47. The van der Waals surface area contributed by atoms with Crippen LogP contribution >= 0.6 is 0 Å². The topological polar surface area (TPSA) is 80.8 Å². The highest BCUT2D eigenvalue weighted by Crippen LogP contribution is 2.26.